The van der Waals surface area contributed by atoms with Crippen molar-refractivity contribution in [2.75, 3.05) is 21.2 Å². The number of hydrogen-bond acceptors (Lipinski definition) is 5. The monoisotopic (exact) mass is 402 g/mol. The summed E-state index contributed by atoms with van der Waals surface area (Å²) in [5.41, 5.74) is 2.77. The van der Waals surface area contributed by atoms with Crippen LogP contribution >= 0.6 is 12.4 Å². The molecular weight excluding hydrogens is 380 g/mol. The van der Waals surface area contributed by atoms with Crippen LogP contribution in [-0.4, -0.2) is 51.9 Å². The van der Waals surface area contributed by atoms with Crippen molar-refractivity contribution in [1.29, 1.82) is 0 Å². The minimum absolute atomic E-state index is 0. The fraction of sp³-hybridized carbons (Fsp3) is 0.250. The van der Waals surface area contributed by atoms with Gasteiger partial charge >= 0.3 is 5.97 Å². The van der Waals surface area contributed by atoms with Gasteiger partial charge in [0.15, 0.2) is 11.6 Å². The molecule has 0 saturated heterocycles. The van der Waals surface area contributed by atoms with Crippen LogP contribution in [0.2, 0.25) is 0 Å². The SMILES string of the molecule is COc1ccc(-c2nc(-c3cccc(CN(C)C)c3)nn2CC(=O)O)cc1.Cl. The van der Waals surface area contributed by atoms with Gasteiger partial charge < -0.3 is 14.7 Å². The molecule has 0 aliphatic heterocycles. The third-order valence-corrected chi connectivity index (χ3v) is 3.99. The van der Waals surface area contributed by atoms with Crippen molar-refractivity contribution in [3.8, 4) is 28.5 Å². The Morgan fingerprint density at radius 1 is 1.14 bits per heavy atom. The van der Waals surface area contributed by atoms with E-state index in [0.717, 1.165) is 29.0 Å². The van der Waals surface area contributed by atoms with Crippen LogP contribution in [0.5, 0.6) is 5.75 Å². The Kier molecular flexibility index (Phi) is 7.14. The molecule has 0 unspecified atom stereocenters. The first-order chi connectivity index (χ1) is 13.0. The third-order valence-electron chi connectivity index (χ3n) is 3.99. The Balaban J connectivity index is 0.00000280. The van der Waals surface area contributed by atoms with E-state index in [0.29, 0.717) is 11.6 Å². The van der Waals surface area contributed by atoms with Crippen molar-refractivity contribution in [3.63, 3.8) is 0 Å². The van der Waals surface area contributed by atoms with E-state index in [-0.39, 0.29) is 19.0 Å². The number of ether oxygens (including phenoxy) is 1. The minimum atomic E-state index is -0.970. The maximum Gasteiger partial charge on any atom is 0.325 e. The molecule has 0 aliphatic carbocycles. The average Bonchev–Trinajstić information content (AvgIpc) is 3.04. The summed E-state index contributed by atoms with van der Waals surface area (Å²) >= 11 is 0. The molecule has 0 spiro atoms. The van der Waals surface area contributed by atoms with E-state index >= 15 is 0 Å². The number of aliphatic carboxylic acids is 1. The number of rotatable bonds is 7. The van der Waals surface area contributed by atoms with Gasteiger partial charge in [-0.2, -0.15) is 0 Å². The van der Waals surface area contributed by atoms with Crippen LogP contribution in [0.4, 0.5) is 0 Å². The summed E-state index contributed by atoms with van der Waals surface area (Å²) in [7, 11) is 5.61. The van der Waals surface area contributed by atoms with Gasteiger partial charge in [0.05, 0.1) is 7.11 Å². The molecular formula is C20H23ClN4O3. The van der Waals surface area contributed by atoms with Crippen molar-refractivity contribution < 1.29 is 14.6 Å². The van der Waals surface area contributed by atoms with E-state index in [1.54, 1.807) is 7.11 Å². The van der Waals surface area contributed by atoms with Gasteiger partial charge in [-0.1, -0.05) is 18.2 Å². The number of nitrogens with zero attached hydrogens (tertiary/aromatic N) is 4. The fourth-order valence-corrected chi connectivity index (χ4v) is 2.83. The standard InChI is InChI=1S/C20H22N4O3.ClH/c1-23(2)12-14-5-4-6-16(11-14)19-21-20(24(22-19)13-18(25)26)15-7-9-17(27-3)10-8-15;/h4-11H,12-13H2,1-3H3,(H,25,26);1H. The largest absolute Gasteiger partial charge is 0.497 e. The van der Waals surface area contributed by atoms with Crippen LogP contribution in [0.1, 0.15) is 5.56 Å². The molecule has 148 valence electrons. The van der Waals surface area contributed by atoms with E-state index in [4.69, 9.17) is 4.74 Å². The lowest BCUT2D eigenvalue weighted by molar-refractivity contribution is -0.137. The third kappa shape index (κ3) is 5.09. The van der Waals surface area contributed by atoms with Crippen LogP contribution in [0.3, 0.4) is 0 Å². The second-order valence-corrected chi connectivity index (χ2v) is 6.48. The number of benzene rings is 2. The number of carboxylic acid groups (broad SMARTS) is 1. The molecule has 8 heteroatoms. The minimum Gasteiger partial charge on any atom is -0.497 e. The second kappa shape index (κ2) is 9.34. The highest BCUT2D eigenvalue weighted by Crippen LogP contribution is 2.25. The summed E-state index contributed by atoms with van der Waals surface area (Å²) in [6.45, 7) is 0.542. The second-order valence-electron chi connectivity index (χ2n) is 6.48. The number of methoxy groups -OCH3 is 1. The number of carboxylic acids is 1. The highest BCUT2D eigenvalue weighted by Gasteiger charge is 2.16. The van der Waals surface area contributed by atoms with E-state index in [9.17, 15) is 9.90 Å². The zero-order valence-corrected chi connectivity index (χ0v) is 16.8. The first-order valence-electron chi connectivity index (χ1n) is 8.51. The van der Waals surface area contributed by atoms with Gasteiger partial charge in [-0.3, -0.25) is 4.79 Å². The van der Waals surface area contributed by atoms with Gasteiger partial charge in [0.1, 0.15) is 12.3 Å². The number of aromatic nitrogens is 3. The Labute approximate surface area is 170 Å². The lowest BCUT2D eigenvalue weighted by Gasteiger charge is -2.09. The summed E-state index contributed by atoms with van der Waals surface area (Å²) in [4.78, 5) is 18.0. The highest BCUT2D eigenvalue weighted by atomic mass is 35.5. The molecule has 0 saturated carbocycles. The number of carbonyl (C=O) groups is 1. The zero-order valence-electron chi connectivity index (χ0n) is 16.0. The average molecular weight is 403 g/mol. The summed E-state index contributed by atoms with van der Waals surface area (Å²) in [6.07, 6.45) is 0. The summed E-state index contributed by atoms with van der Waals surface area (Å²) in [5, 5.41) is 13.7. The Hall–Kier alpha value is -2.90. The molecule has 28 heavy (non-hydrogen) atoms. The van der Waals surface area contributed by atoms with Crippen LogP contribution < -0.4 is 4.74 Å². The van der Waals surface area contributed by atoms with Crippen molar-refractivity contribution in [1.82, 2.24) is 19.7 Å². The van der Waals surface area contributed by atoms with Gasteiger partial charge in [-0.15, -0.1) is 17.5 Å². The van der Waals surface area contributed by atoms with Crippen LogP contribution in [0.25, 0.3) is 22.8 Å². The summed E-state index contributed by atoms with van der Waals surface area (Å²) < 4.78 is 6.59. The molecule has 0 aliphatic rings. The van der Waals surface area contributed by atoms with Gasteiger partial charge in [0.25, 0.3) is 0 Å². The summed E-state index contributed by atoms with van der Waals surface area (Å²) in [5.74, 6) is 0.762. The van der Waals surface area contributed by atoms with E-state index in [1.165, 1.54) is 4.68 Å². The predicted octanol–water partition coefficient (Wildman–Crippen LogP) is 3.19. The van der Waals surface area contributed by atoms with E-state index in [2.05, 4.69) is 15.0 Å². The highest BCUT2D eigenvalue weighted by molar-refractivity contribution is 5.85. The Morgan fingerprint density at radius 2 is 1.86 bits per heavy atom. The molecule has 3 aromatic rings. The maximum absolute atomic E-state index is 11.3. The molecule has 2 aromatic carbocycles. The number of halogens is 1. The van der Waals surface area contributed by atoms with Crippen molar-refractivity contribution in [2.24, 2.45) is 0 Å². The van der Waals surface area contributed by atoms with Crippen molar-refractivity contribution in [2.45, 2.75) is 13.1 Å². The van der Waals surface area contributed by atoms with E-state index in [1.807, 2.05) is 62.6 Å². The molecule has 1 heterocycles. The Morgan fingerprint density at radius 3 is 2.46 bits per heavy atom. The fourth-order valence-electron chi connectivity index (χ4n) is 2.83. The molecule has 3 rings (SSSR count). The molecule has 0 fully saturated rings. The molecule has 0 atom stereocenters. The van der Waals surface area contributed by atoms with Gasteiger partial charge in [-0.25, -0.2) is 9.67 Å². The van der Waals surface area contributed by atoms with Gasteiger partial charge in [-0.05, 0) is 50.0 Å². The first-order valence-corrected chi connectivity index (χ1v) is 8.51. The lowest BCUT2D eigenvalue weighted by Crippen LogP contribution is -2.11. The summed E-state index contributed by atoms with van der Waals surface area (Å²) in [6, 6.07) is 15.3. The normalized spacial score (nSPS) is 10.6. The number of hydrogen-bond donors (Lipinski definition) is 1. The molecule has 1 N–H and O–H groups in total. The van der Waals surface area contributed by atoms with Gasteiger partial charge in [0, 0.05) is 17.7 Å². The van der Waals surface area contributed by atoms with Crippen LogP contribution in [0, 0.1) is 0 Å². The topological polar surface area (TPSA) is 80.5 Å². The lowest BCUT2D eigenvalue weighted by atomic mass is 10.1. The zero-order chi connectivity index (χ0) is 19.4. The predicted molar refractivity (Wildman–Crippen MR) is 110 cm³/mol. The molecule has 1 aromatic heterocycles. The molecule has 0 bridgehead atoms. The quantitative estimate of drug-likeness (QED) is 0.653. The maximum atomic E-state index is 11.3. The van der Waals surface area contributed by atoms with E-state index < -0.39 is 5.97 Å². The molecule has 0 amide bonds. The van der Waals surface area contributed by atoms with Crippen LogP contribution in [-0.2, 0) is 17.9 Å². The Bertz CT molecular complexity index is 939. The van der Waals surface area contributed by atoms with Crippen molar-refractivity contribution in [3.05, 3.63) is 54.1 Å². The first kappa shape index (κ1) is 21.4. The van der Waals surface area contributed by atoms with Crippen LogP contribution in [0.15, 0.2) is 48.5 Å². The van der Waals surface area contributed by atoms with Gasteiger partial charge in [0.2, 0.25) is 0 Å². The molecule has 7 nitrogen and oxygen atoms in total. The smallest absolute Gasteiger partial charge is 0.325 e. The van der Waals surface area contributed by atoms with Crippen molar-refractivity contribution >= 4 is 18.4 Å². The molecule has 0 radical (unpaired) electrons.